The SMILES string of the molecule is Cc1cc(Br)c(N2CCNC3(CCCCC3)C2)cc1Cl. The van der Waals surface area contributed by atoms with Gasteiger partial charge < -0.3 is 10.2 Å². The molecule has 3 rings (SSSR count). The van der Waals surface area contributed by atoms with E-state index in [0.29, 0.717) is 5.54 Å². The van der Waals surface area contributed by atoms with Crippen LogP contribution < -0.4 is 10.2 Å². The fraction of sp³-hybridized carbons (Fsp3) is 0.625. The van der Waals surface area contributed by atoms with E-state index in [1.165, 1.54) is 37.8 Å². The van der Waals surface area contributed by atoms with Crippen molar-refractivity contribution in [1.29, 1.82) is 0 Å². The molecule has 1 heterocycles. The number of hydrogen-bond acceptors (Lipinski definition) is 2. The summed E-state index contributed by atoms with van der Waals surface area (Å²) in [6, 6.07) is 4.25. The van der Waals surface area contributed by atoms with Gasteiger partial charge in [-0.05, 0) is 53.4 Å². The Bertz CT molecular complexity index is 492. The molecule has 0 amide bonds. The van der Waals surface area contributed by atoms with Crippen LogP contribution in [0.3, 0.4) is 0 Å². The van der Waals surface area contributed by atoms with Crippen LogP contribution in [0.5, 0.6) is 0 Å². The minimum Gasteiger partial charge on any atom is -0.367 e. The van der Waals surface area contributed by atoms with Gasteiger partial charge in [-0.1, -0.05) is 30.9 Å². The van der Waals surface area contributed by atoms with E-state index in [9.17, 15) is 0 Å². The molecule has 110 valence electrons. The smallest absolute Gasteiger partial charge is 0.0526 e. The molecule has 1 aliphatic heterocycles. The van der Waals surface area contributed by atoms with Crippen molar-refractivity contribution in [1.82, 2.24) is 5.32 Å². The molecule has 1 saturated heterocycles. The summed E-state index contributed by atoms with van der Waals surface area (Å²) in [5.74, 6) is 0. The zero-order valence-corrected chi connectivity index (χ0v) is 14.4. The number of nitrogens with one attached hydrogen (secondary N) is 1. The summed E-state index contributed by atoms with van der Waals surface area (Å²) in [6.07, 6.45) is 6.72. The molecule has 1 aromatic carbocycles. The first-order chi connectivity index (χ1) is 9.60. The Morgan fingerprint density at radius 3 is 2.75 bits per heavy atom. The molecule has 2 nitrogen and oxygen atoms in total. The molecule has 0 radical (unpaired) electrons. The number of halogens is 2. The van der Waals surface area contributed by atoms with Gasteiger partial charge in [-0.15, -0.1) is 0 Å². The lowest BCUT2D eigenvalue weighted by Crippen LogP contribution is -2.61. The van der Waals surface area contributed by atoms with Gasteiger partial charge >= 0.3 is 0 Å². The van der Waals surface area contributed by atoms with Crippen LogP contribution in [0.25, 0.3) is 0 Å². The molecule has 1 aromatic rings. The largest absolute Gasteiger partial charge is 0.367 e. The molecule has 0 aromatic heterocycles. The fourth-order valence-electron chi connectivity index (χ4n) is 3.60. The highest BCUT2D eigenvalue weighted by Gasteiger charge is 2.36. The first-order valence-corrected chi connectivity index (χ1v) is 8.72. The van der Waals surface area contributed by atoms with E-state index in [1.807, 2.05) is 0 Å². The first-order valence-electron chi connectivity index (χ1n) is 7.55. The Hall–Kier alpha value is -0.250. The van der Waals surface area contributed by atoms with Crippen molar-refractivity contribution in [3.63, 3.8) is 0 Å². The Kier molecular flexibility index (Phi) is 4.30. The third-order valence-electron chi connectivity index (χ3n) is 4.75. The van der Waals surface area contributed by atoms with Gasteiger partial charge in [0.1, 0.15) is 0 Å². The number of piperazine rings is 1. The Balaban J connectivity index is 1.85. The molecule has 4 heteroatoms. The highest BCUT2D eigenvalue weighted by atomic mass is 79.9. The van der Waals surface area contributed by atoms with Crippen molar-refractivity contribution >= 4 is 33.2 Å². The summed E-state index contributed by atoms with van der Waals surface area (Å²) >= 11 is 10.0. The minimum atomic E-state index is 0.327. The Labute approximate surface area is 135 Å². The van der Waals surface area contributed by atoms with Gasteiger partial charge in [0.25, 0.3) is 0 Å². The zero-order chi connectivity index (χ0) is 14.2. The molecule has 0 bridgehead atoms. The van der Waals surface area contributed by atoms with Crippen LogP contribution in [0.4, 0.5) is 5.69 Å². The average Bonchev–Trinajstić information content (AvgIpc) is 2.44. The second kappa shape index (κ2) is 5.86. The predicted molar refractivity (Wildman–Crippen MR) is 89.9 cm³/mol. The number of anilines is 1. The monoisotopic (exact) mass is 356 g/mol. The molecule has 1 aliphatic carbocycles. The summed E-state index contributed by atoms with van der Waals surface area (Å²) in [5.41, 5.74) is 2.70. The van der Waals surface area contributed by atoms with E-state index in [-0.39, 0.29) is 0 Å². The lowest BCUT2D eigenvalue weighted by atomic mass is 9.80. The molecule has 1 saturated carbocycles. The third-order valence-corrected chi connectivity index (χ3v) is 5.80. The van der Waals surface area contributed by atoms with Crippen molar-refractivity contribution in [2.45, 2.75) is 44.6 Å². The number of aryl methyl sites for hydroxylation is 1. The standard InChI is InChI=1S/C16H22BrClN2/c1-12-9-13(17)15(10-14(12)18)20-8-7-19-16(11-20)5-3-2-4-6-16/h9-10,19H,2-8,11H2,1H3. The summed E-state index contributed by atoms with van der Waals surface area (Å²) in [4.78, 5) is 2.50. The van der Waals surface area contributed by atoms with E-state index < -0.39 is 0 Å². The van der Waals surface area contributed by atoms with Gasteiger partial charge in [-0.2, -0.15) is 0 Å². The van der Waals surface area contributed by atoms with E-state index >= 15 is 0 Å². The highest BCUT2D eigenvalue weighted by molar-refractivity contribution is 9.10. The predicted octanol–water partition coefficient (Wildman–Crippen LogP) is 4.52. The zero-order valence-electron chi connectivity index (χ0n) is 12.0. The van der Waals surface area contributed by atoms with Crippen molar-refractivity contribution in [3.8, 4) is 0 Å². The lowest BCUT2D eigenvalue weighted by molar-refractivity contribution is 0.216. The number of nitrogens with zero attached hydrogens (tertiary/aromatic N) is 1. The third kappa shape index (κ3) is 2.86. The summed E-state index contributed by atoms with van der Waals surface area (Å²) < 4.78 is 1.16. The van der Waals surface area contributed by atoms with Gasteiger partial charge in [0.05, 0.1) is 5.69 Å². The molecule has 2 aliphatic rings. The van der Waals surface area contributed by atoms with Crippen LogP contribution >= 0.6 is 27.5 Å². The van der Waals surface area contributed by atoms with Crippen LogP contribution in [0, 0.1) is 6.92 Å². The average molecular weight is 358 g/mol. The van der Waals surface area contributed by atoms with E-state index in [1.54, 1.807) is 0 Å². The van der Waals surface area contributed by atoms with Crippen LogP contribution in [-0.2, 0) is 0 Å². The van der Waals surface area contributed by atoms with Gasteiger partial charge in [-0.25, -0.2) is 0 Å². The van der Waals surface area contributed by atoms with Crippen molar-refractivity contribution in [3.05, 3.63) is 27.2 Å². The summed E-state index contributed by atoms with van der Waals surface area (Å²) in [6.45, 7) is 5.28. The summed E-state index contributed by atoms with van der Waals surface area (Å²) in [5, 5.41) is 4.65. The normalized spacial score (nSPS) is 22.2. The van der Waals surface area contributed by atoms with E-state index in [0.717, 1.165) is 34.7 Å². The number of rotatable bonds is 1. The van der Waals surface area contributed by atoms with Gasteiger partial charge in [0, 0.05) is 34.7 Å². The Morgan fingerprint density at radius 1 is 1.25 bits per heavy atom. The fourth-order valence-corrected chi connectivity index (χ4v) is 4.47. The van der Waals surface area contributed by atoms with Crippen LogP contribution in [0.15, 0.2) is 16.6 Å². The van der Waals surface area contributed by atoms with Crippen molar-refractivity contribution in [2.24, 2.45) is 0 Å². The summed E-state index contributed by atoms with van der Waals surface area (Å²) in [7, 11) is 0. The van der Waals surface area contributed by atoms with Gasteiger partial charge in [0.2, 0.25) is 0 Å². The molecular formula is C16H22BrClN2. The maximum Gasteiger partial charge on any atom is 0.0526 e. The Morgan fingerprint density at radius 2 is 2.00 bits per heavy atom. The number of hydrogen-bond donors (Lipinski definition) is 1. The maximum absolute atomic E-state index is 6.32. The van der Waals surface area contributed by atoms with Crippen molar-refractivity contribution < 1.29 is 0 Å². The van der Waals surface area contributed by atoms with Crippen LogP contribution in [-0.4, -0.2) is 25.2 Å². The van der Waals surface area contributed by atoms with Crippen molar-refractivity contribution in [2.75, 3.05) is 24.5 Å². The van der Waals surface area contributed by atoms with E-state index in [2.05, 4.69) is 45.2 Å². The maximum atomic E-state index is 6.32. The molecule has 0 atom stereocenters. The minimum absolute atomic E-state index is 0.327. The first kappa shape index (κ1) is 14.7. The molecule has 0 unspecified atom stereocenters. The highest BCUT2D eigenvalue weighted by Crippen LogP contribution is 2.36. The molecule has 20 heavy (non-hydrogen) atoms. The quantitative estimate of drug-likeness (QED) is 0.794. The van der Waals surface area contributed by atoms with Gasteiger partial charge in [0.15, 0.2) is 0 Å². The second-order valence-electron chi connectivity index (χ2n) is 6.24. The second-order valence-corrected chi connectivity index (χ2v) is 7.50. The number of benzene rings is 1. The van der Waals surface area contributed by atoms with E-state index in [4.69, 9.17) is 11.6 Å². The lowest BCUT2D eigenvalue weighted by Gasteiger charge is -2.47. The van der Waals surface area contributed by atoms with Gasteiger partial charge in [-0.3, -0.25) is 0 Å². The topological polar surface area (TPSA) is 15.3 Å². The van der Waals surface area contributed by atoms with Crippen LogP contribution in [0.1, 0.15) is 37.7 Å². The molecule has 2 fully saturated rings. The molecule has 1 N–H and O–H groups in total. The van der Waals surface area contributed by atoms with Crippen LogP contribution in [0.2, 0.25) is 5.02 Å². The molecule has 1 spiro atoms. The molecular weight excluding hydrogens is 336 g/mol.